The summed E-state index contributed by atoms with van der Waals surface area (Å²) in [6.45, 7) is -0.138. The van der Waals surface area contributed by atoms with Crippen molar-refractivity contribution in [3.8, 4) is 11.8 Å². The number of ether oxygens (including phenoxy) is 1. The number of anilines is 1. The highest BCUT2D eigenvalue weighted by molar-refractivity contribution is 7.99. The lowest BCUT2D eigenvalue weighted by Crippen LogP contribution is -2.40. The van der Waals surface area contributed by atoms with Crippen LogP contribution in [0.4, 0.5) is 5.69 Å². The summed E-state index contributed by atoms with van der Waals surface area (Å²) < 4.78 is 5.15. The number of amides is 1. The number of benzene rings is 2. The van der Waals surface area contributed by atoms with Crippen LogP contribution < -0.4 is 9.64 Å². The molecule has 1 N–H and O–H groups in total. The average molecular weight is 375 g/mol. The molecule has 5 nitrogen and oxygen atoms in total. The minimum Gasteiger partial charge on any atom is -0.497 e. The molecule has 2 aromatic carbocycles. The number of nitrogens with zero attached hydrogens (tertiary/aromatic N) is 2. The number of carbonyl (C=O) groups excluding carboxylic acids is 1. The van der Waals surface area contributed by atoms with Crippen molar-refractivity contribution in [2.24, 2.45) is 0 Å². The Hall–Kier alpha value is -2.20. The van der Waals surface area contributed by atoms with Crippen LogP contribution >= 0.6 is 23.4 Å². The van der Waals surface area contributed by atoms with E-state index >= 15 is 0 Å². The van der Waals surface area contributed by atoms with Gasteiger partial charge in [-0.05, 0) is 35.9 Å². The second kappa shape index (κ2) is 7.36. The fraction of sp³-hybridized carbons (Fsp3) is 0.222. The van der Waals surface area contributed by atoms with E-state index in [1.54, 1.807) is 37.4 Å². The molecule has 1 amide bonds. The Bertz CT molecular complexity index is 835. The largest absolute Gasteiger partial charge is 0.497 e. The molecule has 1 heterocycles. The number of carbonyl (C=O) groups is 1. The Morgan fingerprint density at radius 3 is 2.68 bits per heavy atom. The zero-order valence-corrected chi connectivity index (χ0v) is 14.9. The molecule has 0 aromatic heterocycles. The lowest BCUT2D eigenvalue weighted by Gasteiger charge is -2.22. The summed E-state index contributed by atoms with van der Waals surface area (Å²) in [5, 5.41) is 19.7. The van der Waals surface area contributed by atoms with E-state index in [2.05, 4.69) is 0 Å². The number of methoxy groups -OCH3 is 1. The number of thioether (sulfide) groups is 1. The minimum absolute atomic E-state index is 0.138. The van der Waals surface area contributed by atoms with Gasteiger partial charge in [-0.2, -0.15) is 5.26 Å². The van der Waals surface area contributed by atoms with Gasteiger partial charge in [-0.1, -0.05) is 23.7 Å². The van der Waals surface area contributed by atoms with Crippen molar-refractivity contribution >= 4 is 35.0 Å². The maximum atomic E-state index is 12.7. The fourth-order valence-corrected chi connectivity index (χ4v) is 4.24. The number of hydrogen-bond donors (Lipinski definition) is 1. The van der Waals surface area contributed by atoms with Gasteiger partial charge < -0.3 is 9.84 Å². The van der Waals surface area contributed by atoms with Crippen molar-refractivity contribution in [3.05, 3.63) is 53.1 Å². The molecule has 0 bridgehead atoms. The zero-order valence-electron chi connectivity index (χ0n) is 13.3. The average Bonchev–Trinajstić information content (AvgIpc) is 2.72. The first-order chi connectivity index (χ1) is 12.0. The van der Waals surface area contributed by atoms with Crippen LogP contribution in [0, 0.1) is 11.3 Å². The van der Waals surface area contributed by atoms with Gasteiger partial charge in [0.25, 0.3) is 5.91 Å². The first kappa shape index (κ1) is 17.6. The SMILES string of the molecule is COc1ccc([C@@H]2Sc3cc(Cl)ccc3N(CC#N)C(=O)[C@@H]2O)cc1. The molecule has 0 radical (unpaired) electrons. The third-order valence-corrected chi connectivity index (χ3v) is 5.55. The van der Waals surface area contributed by atoms with Gasteiger partial charge in [0, 0.05) is 9.92 Å². The van der Waals surface area contributed by atoms with Crippen LogP contribution in [0.3, 0.4) is 0 Å². The van der Waals surface area contributed by atoms with E-state index in [1.165, 1.54) is 16.7 Å². The number of aliphatic hydroxyl groups excluding tert-OH is 1. The molecular formula is C18H15ClN2O3S. The summed E-state index contributed by atoms with van der Waals surface area (Å²) in [5.74, 6) is 0.189. The van der Waals surface area contributed by atoms with Crippen LogP contribution in [0.1, 0.15) is 10.8 Å². The normalized spacial score (nSPS) is 19.8. The molecular weight excluding hydrogens is 360 g/mol. The summed E-state index contributed by atoms with van der Waals surface area (Å²) in [6.07, 6.45) is -1.28. The Morgan fingerprint density at radius 2 is 2.04 bits per heavy atom. The van der Waals surface area contributed by atoms with E-state index in [0.717, 1.165) is 10.5 Å². The molecule has 2 aromatic rings. The van der Waals surface area contributed by atoms with E-state index in [-0.39, 0.29) is 6.54 Å². The van der Waals surface area contributed by atoms with Crippen LogP contribution in [-0.2, 0) is 4.79 Å². The van der Waals surface area contributed by atoms with Crippen LogP contribution in [0.2, 0.25) is 5.02 Å². The minimum atomic E-state index is -1.28. The number of halogens is 1. The molecule has 7 heteroatoms. The molecule has 0 unspecified atom stereocenters. The highest BCUT2D eigenvalue weighted by Crippen LogP contribution is 2.46. The number of fused-ring (bicyclic) bond motifs is 1. The smallest absolute Gasteiger partial charge is 0.258 e. The molecule has 0 aliphatic carbocycles. The number of rotatable bonds is 3. The standard InChI is InChI=1S/C18H15ClN2O3S/c1-24-13-5-2-11(3-6-13)17-16(22)18(23)21(9-8-20)14-7-4-12(19)10-15(14)25-17/h2-7,10,16-17,22H,9H2,1H3/t16-,17+/m1/s1. The van der Waals surface area contributed by atoms with Gasteiger partial charge in [0.15, 0.2) is 0 Å². The van der Waals surface area contributed by atoms with Gasteiger partial charge in [-0.15, -0.1) is 11.8 Å². The van der Waals surface area contributed by atoms with Gasteiger partial charge >= 0.3 is 0 Å². The second-order valence-corrected chi connectivity index (χ2v) is 7.07. The molecule has 0 saturated heterocycles. The van der Waals surface area contributed by atoms with Crippen molar-refractivity contribution in [1.82, 2.24) is 0 Å². The van der Waals surface area contributed by atoms with Crippen molar-refractivity contribution in [3.63, 3.8) is 0 Å². The first-order valence-electron chi connectivity index (χ1n) is 7.51. The van der Waals surface area contributed by atoms with Crippen molar-refractivity contribution in [2.75, 3.05) is 18.6 Å². The van der Waals surface area contributed by atoms with Crippen LogP contribution in [-0.4, -0.2) is 30.8 Å². The second-order valence-electron chi connectivity index (χ2n) is 5.45. The van der Waals surface area contributed by atoms with E-state index in [4.69, 9.17) is 21.6 Å². The van der Waals surface area contributed by atoms with Crippen molar-refractivity contribution < 1.29 is 14.6 Å². The Balaban J connectivity index is 2.07. The number of hydrogen-bond acceptors (Lipinski definition) is 5. The molecule has 128 valence electrons. The predicted molar refractivity (Wildman–Crippen MR) is 97.0 cm³/mol. The molecule has 1 aliphatic heterocycles. The van der Waals surface area contributed by atoms with Gasteiger partial charge in [0.1, 0.15) is 18.4 Å². The van der Waals surface area contributed by atoms with Crippen molar-refractivity contribution in [2.45, 2.75) is 16.2 Å². The quantitative estimate of drug-likeness (QED) is 0.833. The zero-order chi connectivity index (χ0) is 18.0. The van der Waals surface area contributed by atoms with E-state index in [9.17, 15) is 9.90 Å². The Kier molecular flexibility index (Phi) is 5.19. The Morgan fingerprint density at radius 1 is 1.32 bits per heavy atom. The summed E-state index contributed by atoms with van der Waals surface area (Å²) in [6, 6.07) is 14.3. The van der Waals surface area contributed by atoms with Crippen LogP contribution in [0.25, 0.3) is 0 Å². The highest BCUT2D eigenvalue weighted by Gasteiger charge is 2.37. The lowest BCUT2D eigenvalue weighted by molar-refractivity contribution is -0.126. The summed E-state index contributed by atoms with van der Waals surface area (Å²) >= 11 is 7.45. The highest BCUT2D eigenvalue weighted by atomic mass is 35.5. The topological polar surface area (TPSA) is 73.6 Å². The van der Waals surface area contributed by atoms with Gasteiger partial charge in [-0.25, -0.2) is 0 Å². The molecule has 0 spiro atoms. The maximum Gasteiger partial charge on any atom is 0.258 e. The van der Waals surface area contributed by atoms with Crippen LogP contribution in [0.5, 0.6) is 5.75 Å². The monoisotopic (exact) mass is 374 g/mol. The van der Waals surface area contributed by atoms with E-state index in [0.29, 0.717) is 16.5 Å². The van der Waals surface area contributed by atoms with Crippen molar-refractivity contribution in [1.29, 1.82) is 5.26 Å². The third-order valence-electron chi connectivity index (χ3n) is 3.95. The molecule has 0 saturated carbocycles. The maximum absolute atomic E-state index is 12.7. The molecule has 0 fully saturated rings. The summed E-state index contributed by atoms with van der Waals surface area (Å²) in [7, 11) is 1.58. The molecule has 3 rings (SSSR count). The van der Waals surface area contributed by atoms with Gasteiger partial charge in [0.05, 0.1) is 24.1 Å². The fourth-order valence-electron chi connectivity index (χ4n) is 2.69. The predicted octanol–water partition coefficient (Wildman–Crippen LogP) is 3.41. The van der Waals surface area contributed by atoms with Crippen LogP contribution in [0.15, 0.2) is 47.4 Å². The molecule has 25 heavy (non-hydrogen) atoms. The van der Waals surface area contributed by atoms with E-state index < -0.39 is 17.3 Å². The number of nitriles is 1. The third kappa shape index (κ3) is 3.45. The summed E-state index contributed by atoms with van der Waals surface area (Å²) in [4.78, 5) is 14.8. The lowest BCUT2D eigenvalue weighted by atomic mass is 10.1. The number of aliphatic hydroxyl groups is 1. The van der Waals surface area contributed by atoms with Gasteiger partial charge in [0.2, 0.25) is 0 Å². The van der Waals surface area contributed by atoms with Gasteiger partial charge in [-0.3, -0.25) is 9.69 Å². The summed E-state index contributed by atoms with van der Waals surface area (Å²) in [5.41, 5.74) is 1.37. The first-order valence-corrected chi connectivity index (χ1v) is 8.77. The van der Waals surface area contributed by atoms with E-state index in [1.807, 2.05) is 18.2 Å². The molecule has 1 aliphatic rings. The molecule has 2 atom stereocenters. The Labute approximate surface area is 154 Å².